The molecule has 0 bridgehead atoms. The van der Waals surface area contributed by atoms with Gasteiger partial charge in [0.05, 0.1) is 7.11 Å². The van der Waals surface area contributed by atoms with Crippen molar-refractivity contribution in [1.82, 2.24) is 0 Å². The molecule has 1 aromatic rings. The van der Waals surface area contributed by atoms with Crippen LogP contribution in [0.1, 0.15) is 25.3 Å². The van der Waals surface area contributed by atoms with E-state index in [0.717, 1.165) is 37.5 Å². The minimum Gasteiger partial charge on any atom is -0.497 e. The highest BCUT2D eigenvalue weighted by molar-refractivity contribution is 5.90. The lowest BCUT2D eigenvalue weighted by Gasteiger charge is -2.37. The molecule has 17 heavy (non-hydrogen) atoms. The molecule has 0 saturated carbocycles. The quantitative estimate of drug-likeness (QED) is 0.816. The summed E-state index contributed by atoms with van der Waals surface area (Å²) in [5, 5.41) is 8.09. The summed E-state index contributed by atoms with van der Waals surface area (Å²) in [5.41, 5.74) is 1.80. The van der Waals surface area contributed by atoms with E-state index in [1.54, 1.807) is 7.11 Å². The van der Waals surface area contributed by atoms with E-state index in [1.165, 1.54) is 5.56 Å². The van der Waals surface area contributed by atoms with Crippen molar-refractivity contribution in [1.29, 1.82) is 5.41 Å². The molecule has 2 rings (SSSR count). The number of ether oxygens (including phenoxy) is 2. The van der Waals surface area contributed by atoms with Gasteiger partial charge in [-0.3, -0.25) is 0 Å². The Morgan fingerprint density at radius 3 is 2.29 bits per heavy atom. The third-order valence-electron chi connectivity index (χ3n) is 3.71. The highest BCUT2D eigenvalue weighted by Gasteiger charge is 2.36. The van der Waals surface area contributed by atoms with E-state index < -0.39 is 0 Å². The van der Waals surface area contributed by atoms with E-state index in [4.69, 9.17) is 14.9 Å². The van der Waals surface area contributed by atoms with Gasteiger partial charge < -0.3 is 14.9 Å². The van der Waals surface area contributed by atoms with Crippen molar-refractivity contribution in [2.45, 2.75) is 25.2 Å². The van der Waals surface area contributed by atoms with Crippen LogP contribution in [0, 0.1) is 5.41 Å². The summed E-state index contributed by atoms with van der Waals surface area (Å²) in [4.78, 5) is 0. The molecule has 0 spiro atoms. The fourth-order valence-corrected chi connectivity index (χ4v) is 2.51. The summed E-state index contributed by atoms with van der Waals surface area (Å²) >= 11 is 0. The van der Waals surface area contributed by atoms with E-state index in [-0.39, 0.29) is 5.41 Å². The first-order chi connectivity index (χ1) is 8.19. The molecule has 1 aliphatic heterocycles. The summed E-state index contributed by atoms with van der Waals surface area (Å²) in [7, 11) is 1.67. The maximum atomic E-state index is 8.09. The smallest absolute Gasteiger partial charge is 0.118 e. The van der Waals surface area contributed by atoms with Crippen LogP contribution in [-0.2, 0) is 10.2 Å². The van der Waals surface area contributed by atoms with Gasteiger partial charge in [-0.1, -0.05) is 12.1 Å². The number of nitrogens with one attached hydrogen (secondary N) is 1. The first kappa shape index (κ1) is 12.1. The Bertz CT molecular complexity index is 391. The molecule has 1 saturated heterocycles. The molecule has 1 aromatic carbocycles. The van der Waals surface area contributed by atoms with E-state index in [0.29, 0.717) is 0 Å². The summed E-state index contributed by atoms with van der Waals surface area (Å²) in [6.45, 7) is 3.38. The van der Waals surface area contributed by atoms with Crippen molar-refractivity contribution < 1.29 is 9.47 Å². The number of hydrogen-bond acceptors (Lipinski definition) is 3. The predicted octanol–water partition coefficient (Wildman–Crippen LogP) is 2.78. The Kier molecular flexibility index (Phi) is 3.48. The van der Waals surface area contributed by atoms with Crippen LogP contribution < -0.4 is 4.74 Å². The molecule has 1 aliphatic rings. The van der Waals surface area contributed by atoms with Crippen molar-refractivity contribution in [2.75, 3.05) is 20.3 Å². The maximum absolute atomic E-state index is 8.09. The zero-order chi connectivity index (χ0) is 12.3. The molecular formula is C14H19NO2. The Balaban J connectivity index is 2.34. The Hall–Kier alpha value is -1.35. The van der Waals surface area contributed by atoms with Crippen LogP contribution in [0.2, 0.25) is 0 Å². The highest BCUT2D eigenvalue weighted by atomic mass is 16.5. The molecule has 1 fully saturated rings. The van der Waals surface area contributed by atoms with Crippen molar-refractivity contribution in [2.24, 2.45) is 0 Å². The Morgan fingerprint density at radius 2 is 1.82 bits per heavy atom. The number of hydrogen-bond donors (Lipinski definition) is 1. The Labute approximate surface area is 102 Å². The fourth-order valence-electron chi connectivity index (χ4n) is 2.51. The maximum Gasteiger partial charge on any atom is 0.118 e. The highest BCUT2D eigenvalue weighted by Crippen LogP contribution is 2.36. The molecule has 92 valence electrons. The van der Waals surface area contributed by atoms with Gasteiger partial charge in [-0.2, -0.15) is 0 Å². The van der Waals surface area contributed by atoms with Gasteiger partial charge in [-0.05, 0) is 37.5 Å². The summed E-state index contributed by atoms with van der Waals surface area (Å²) < 4.78 is 10.6. The third kappa shape index (κ3) is 2.20. The predicted molar refractivity (Wildman–Crippen MR) is 68.1 cm³/mol. The van der Waals surface area contributed by atoms with Crippen LogP contribution in [-0.4, -0.2) is 26.0 Å². The van der Waals surface area contributed by atoms with Crippen molar-refractivity contribution in [3.63, 3.8) is 0 Å². The van der Waals surface area contributed by atoms with E-state index >= 15 is 0 Å². The van der Waals surface area contributed by atoms with Crippen LogP contribution in [0.25, 0.3) is 0 Å². The van der Waals surface area contributed by atoms with Crippen LogP contribution >= 0.6 is 0 Å². The van der Waals surface area contributed by atoms with Crippen LogP contribution in [0.5, 0.6) is 5.75 Å². The van der Waals surface area contributed by atoms with Crippen molar-refractivity contribution in [3.05, 3.63) is 29.8 Å². The molecule has 0 radical (unpaired) electrons. The first-order valence-corrected chi connectivity index (χ1v) is 5.97. The molecule has 3 nitrogen and oxygen atoms in total. The normalized spacial score (nSPS) is 18.7. The van der Waals surface area contributed by atoms with Crippen molar-refractivity contribution in [3.8, 4) is 5.75 Å². The SMILES string of the molecule is COc1ccc(C2(C(C)=N)CCOCC2)cc1. The Morgan fingerprint density at radius 1 is 1.24 bits per heavy atom. The minimum atomic E-state index is -0.134. The molecular weight excluding hydrogens is 214 g/mol. The zero-order valence-electron chi connectivity index (χ0n) is 10.5. The first-order valence-electron chi connectivity index (χ1n) is 5.97. The average Bonchev–Trinajstić information content (AvgIpc) is 2.39. The summed E-state index contributed by atoms with van der Waals surface area (Å²) in [5.74, 6) is 0.860. The molecule has 0 aromatic heterocycles. The van der Waals surface area contributed by atoms with Gasteiger partial charge >= 0.3 is 0 Å². The van der Waals surface area contributed by atoms with Gasteiger partial charge in [0, 0.05) is 24.3 Å². The monoisotopic (exact) mass is 233 g/mol. The molecule has 1 heterocycles. The molecule has 1 N–H and O–H groups in total. The second-order valence-electron chi connectivity index (χ2n) is 4.55. The van der Waals surface area contributed by atoms with Gasteiger partial charge in [0.1, 0.15) is 5.75 Å². The van der Waals surface area contributed by atoms with Gasteiger partial charge in [0.2, 0.25) is 0 Å². The van der Waals surface area contributed by atoms with Crippen LogP contribution in [0.3, 0.4) is 0 Å². The lowest BCUT2D eigenvalue weighted by atomic mass is 9.71. The van der Waals surface area contributed by atoms with Crippen LogP contribution in [0.15, 0.2) is 24.3 Å². The molecule has 0 unspecified atom stereocenters. The minimum absolute atomic E-state index is 0.134. The molecule has 3 heteroatoms. The molecule has 0 amide bonds. The topological polar surface area (TPSA) is 42.3 Å². The lowest BCUT2D eigenvalue weighted by Crippen LogP contribution is -2.39. The second-order valence-corrected chi connectivity index (χ2v) is 4.55. The van der Waals surface area contributed by atoms with Crippen molar-refractivity contribution >= 4 is 5.71 Å². The molecule has 0 atom stereocenters. The van der Waals surface area contributed by atoms with Gasteiger partial charge in [0.25, 0.3) is 0 Å². The second kappa shape index (κ2) is 4.88. The van der Waals surface area contributed by atoms with E-state index in [1.807, 2.05) is 19.1 Å². The zero-order valence-corrected chi connectivity index (χ0v) is 10.5. The average molecular weight is 233 g/mol. The third-order valence-corrected chi connectivity index (χ3v) is 3.71. The molecule has 0 aliphatic carbocycles. The van der Waals surface area contributed by atoms with Crippen LogP contribution in [0.4, 0.5) is 0 Å². The van der Waals surface area contributed by atoms with E-state index in [9.17, 15) is 0 Å². The van der Waals surface area contributed by atoms with E-state index in [2.05, 4.69) is 12.1 Å². The fraction of sp³-hybridized carbons (Fsp3) is 0.500. The summed E-state index contributed by atoms with van der Waals surface area (Å²) in [6.07, 6.45) is 1.79. The van der Waals surface area contributed by atoms with Gasteiger partial charge in [-0.25, -0.2) is 0 Å². The number of rotatable bonds is 3. The van der Waals surface area contributed by atoms with Gasteiger partial charge in [0.15, 0.2) is 0 Å². The number of methoxy groups -OCH3 is 1. The summed E-state index contributed by atoms with van der Waals surface area (Å²) in [6, 6.07) is 8.08. The number of benzene rings is 1. The standard InChI is InChI=1S/C14H19NO2/c1-11(15)14(7-9-17-10-8-14)12-3-5-13(16-2)6-4-12/h3-6,15H,7-10H2,1-2H3. The lowest BCUT2D eigenvalue weighted by molar-refractivity contribution is 0.0704. The largest absolute Gasteiger partial charge is 0.497 e. The van der Waals surface area contributed by atoms with Gasteiger partial charge in [-0.15, -0.1) is 0 Å².